The van der Waals surface area contributed by atoms with Crippen LogP contribution in [0.3, 0.4) is 0 Å². The smallest absolute Gasteiger partial charge is 0.272 e. The molecule has 0 unspecified atom stereocenters. The van der Waals surface area contributed by atoms with E-state index in [1.54, 1.807) is 11.3 Å². The molecule has 0 radical (unpaired) electrons. The molecule has 1 aromatic carbocycles. The Morgan fingerprint density at radius 1 is 1.27 bits per heavy atom. The van der Waals surface area contributed by atoms with Gasteiger partial charge in [-0.25, -0.2) is 0 Å². The third-order valence-electron chi connectivity index (χ3n) is 3.86. The fraction of sp³-hybridized carbons (Fsp3) is 0.278. The SMILES string of the molecule is CCc1ccccc1NC(=O)c1cc2sccc2n1C(C)C. The largest absolute Gasteiger partial charge is 0.333 e. The molecule has 0 aliphatic heterocycles. The van der Waals surface area contributed by atoms with E-state index in [0.717, 1.165) is 33.6 Å². The molecule has 0 saturated heterocycles. The van der Waals surface area contributed by atoms with Gasteiger partial charge in [-0.05, 0) is 49.4 Å². The summed E-state index contributed by atoms with van der Waals surface area (Å²) >= 11 is 1.67. The highest BCUT2D eigenvalue weighted by molar-refractivity contribution is 7.17. The molecule has 4 heteroatoms. The predicted octanol–water partition coefficient (Wildman–Crippen LogP) is 5.10. The van der Waals surface area contributed by atoms with Crippen molar-refractivity contribution >= 4 is 33.1 Å². The number of rotatable bonds is 4. The van der Waals surface area contributed by atoms with Crippen molar-refractivity contribution in [1.29, 1.82) is 0 Å². The zero-order valence-electron chi connectivity index (χ0n) is 13.1. The molecule has 1 amide bonds. The second kappa shape index (κ2) is 5.97. The van der Waals surface area contributed by atoms with Crippen molar-refractivity contribution in [2.75, 3.05) is 5.32 Å². The Morgan fingerprint density at radius 3 is 2.77 bits per heavy atom. The van der Waals surface area contributed by atoms with Gasteiger partial charge in [-0.3, -0.25) is 4.79 Å². The van der Waals surface area contributed by atoms with Crippen LogP contribution in [0.25, 0.3) is 10.2 Å². The molecule has 3 rings (SSSR count). The molecule has 3 nitrogen and oxygen atoms in total. The summed E-state index contributed by atoms with van der Waals surface area (Å²) in [6.45, 7) is 6.31. The van der Waals surface area contributed by atoms with Gasteiger partial charge in [0.1, 0.15) is 5.69 Å². The van der Waals surface area contributed by atoms with Crippen LogP contribution in [0.4, 0.5) is 5.69 Å². The maximum absolute atomic E-state index is 12.7. The van der Waals surface area contributed by atoms with Gasteiger partial charge in [0.25, 0.3) is 5.91 Å². The van der Waals surface area contributed by atoms with Crippen LogP contribution < -0.4 is 5.32 Å². The fourth-order valence-corrected chi connectivity index (χ4v) is 3.62. The summed E-state index contributed by atoms with van der Waals surface area (Å²) in [6, 6.07) is 12.3. The topological polar surface area (TPSA) is 34.0 Å². The lowest BCUT2D eigenvalue weighted by atomic mass is 10.1. The van der Waals surface area contributed by atoms with Crippen LogP contribution in [0.5, 0.6) is 0 Å². The van der Waals surface area contributed by atoms with E-state index in [0.29, 0.717) is 0 Å². The first kappa shape index (κ1) is 14.9. The van der Waals surface area contributed by atoms with Gasteiger partial charge >= 0.3 is 0 Å². The van der Waals surface area contributed by atoms with Crippen molar-refractivity contribution in [3.8, 4) is 0 Å². The predicted molar refractivity (Wildman–Crippen MR) is 94.0 cm³/mol. The molecule has 0 saturated carbocycles. The first-order chi connectivity index (χ1) is 10.6. The second-order valence-electron chi connectivity index (χ2n) is 5.63. The van der Waals surface area contributed by atoms with Gasteiger partial charge < -0.3 is 9.88 Å². The van der Waals surface area contributed by atoms with Gasteiger partial charge in [0.2, 0.25) is 0 Å². The van der Waals surface area contributed by atoms with Crippen molar-refractivity contribution in [2.45, 2.75) is 33.2 Å². The summed E-state index contributed by atoms with van der Waals surface area (Å²) in [4.78, 5) is 12.7. The van der Waals surface area contributed by atoms with Crippen LogP contribution in [-0.2, 0) is 6.42 Å². The standard InChI is InChI=1S/C18H20N2OS/c1-4-13-7-5-6-8-14(13)19-18(21)16-11-17-15(9-10-22-17)20(16)12(2)3/h5-12H,4H2,1-3H3,(H,19,21). The van der Waals surface area contributed by atoms with Crippen LogP contribution in [0, 0.1) is 0 Å². The van der Waals surface area contributed by atoms with Gasteiger partial charge in [-0.1, -0.05) is 25.1 Å². The zero-order valence-corrected chi connectivity index (χ0v) is 13.9. The van der Waals surface area contributed by atoms with E-state index < -0.39 is 0 Å². The number of carbonyl (C=O) groups excluding carboxylic acids is 1. The number of para-hydroxylation sites is 1. The second-order valence-corrected chi connectivity index (χ2v) is 6.58. The third-order valence-corrected chi connectivity index (χ3v) is 4.71. The lowest BCUT2D eigenvalue weighted by Crippen LogP contribution is -2.18. The molecular weight excluding hydrogens is 292 g/mol. The number of thiophene rings is 1. The van der Waals surface area contributed by atoms with Crippen molar-refractivity contribution in [1.82, 2.24) is 4.57 Å². The molecule has 0 aliphatic rings. The Balaban J connectivity index is 1.98. The number of carbonyl (C=O) groups is 1. The molecule has 2 aromatic heterocycles. The summed E-state index contributed by atoms with van der Waals surface area (Å²) in [7, 11) is 0. The van der Waals surface area contributed by atoms with Crippen LogP contribution >= 0.6 is 11.3 Å². The third kappa shape index (κ3) is 2.55. The summed E-state index contributed by atoms with van der Waals surface area (Å²) in [5.41, 5.74) is 3.91. The zero-order chi connectivity index (χ0) is 15.7. The Kier molecular flexibility index (Phi) is 4.03. The van der Waals surface area contributed by atoms with E-state index >= 15 is 0 Å². The molecule has 114 valence electrons. The molecule has 0 bridgehead atoms. The lowest BCUT2D eigenvalue weighted by molar-refractivity contribution is 0.101. The van der Waals surface area contributed by atoms with Gasteiger partial charge in [-0.2, -0.15) is 0 Å². The first-order valence-corrected chi connectivity index (χ1v) is 8.47. The summed E-state index contributed by atoms with van der Waals surface area (Å²) in [6.07, 6.45) is 0.900. The summed E-state index contributed by atoms with van der Waals surface area (Å²) in [5, 5.41) is 5.14. The van der Waals surface area contributed by atoms with Gasteiger partial charge in [-0.15, -0.1) is 11.3 Å². The molecule has 0 fully saturated rings. The minimum atomic E-state index is -0.0435. The molecule has 2 heterocycles. The fourth-order valence-electron chi connectivity index (χ4n) is 2.81. The number of nitrogens with one attached hydrogen (secondary N) is 1. The van der Waals surface area contributed by atoms with Crippen molar-refractivity contribution < 1.29 is 4.79 Å². The number of fused-ring (bicyclic) bond motifs is 1. The number of nitrogens with zero attached hydrogens (tertiary/aromatic N) is 1. The number of hydrogen-bond acceptors (Lipinski definition) is 2. The minimum Gasteiger partial charge on any atom is -0.333 e. The van der Waals surface area contributed by atoms with E-state index in [1.165, 1.54) is 0 Å². The number of benzene rings is 1. The molecule has 0 spiro atoms. The Bertz CT molecular complexity index is 813. The van der Waals surface area contributed by atoms with E-state index in [-0.39, 0.29) is 11.9 Å². The Labute approximate surface area is 134 Å². The van der Waals surface area contributed by atoms with Crippen LogP contribution in [0.15, 0.2) is 41.8 Å². The highest BCUT2D eigenvalue weighted by Crippen LogP contribution is 2.29. The average molecular weight is 312 g/mol. The van der Waals surface area contributed by atoms with Gasteiger partial charge in [0.15, 0.2) is 0 Å². The highest BCUT2D eigenvalue weighted by Gasteiger charge is 2.18. The minimum absolute atomic E-state index is 0.0435. The summed E-state index contributed by atoms with van der Waals surface area (Å²) in [5.74, 6) is -0.0435. The molecule has 22 heavy (non-hydrogen) atoms. The average Bonchev–Trinajstić information content (AvgIpc) is 3.07. The molecule has 1 N–H and O–H groups in total. The van der Waals surface area contributed by atoms with Crippen LogP contribution in [0.1, 0.15) is 42.9 Å². The quantitative estimate of drug-likeness (QED) is 0.714. The van der Waals surface area contributed by atoms with Crippen molar-refractivity contribution in [3.05, 3.63) is 53.0 Å². The van der Waals surface area contributed by atoms with E-state index in [4.69, 9.17) is 0 Å². The van der Waals surface area contributed by atoms with E-state index in [9.17, 15) is 4.79 Å². The molecular formula is C18H20N2OS. The highest BCUT2D eigenvalue weighted by atomic mass is 32.1. The molecule has 0 atom stereocenters. The number of aromatic nitrogens is 1. The maximum Gasteiger partial charge on any atom is 0.272 e. The van der Waals surface area contributed by atoms with Gasteiger partial charge in [0, 0.05) is 11.7 Å². The Hall–Kier alpha value is -2.07. The Morgan fingerprint density at radius 2 is 2.05 bits per heavy atom. The van der Waals surface area contributed by atoms with Gasteiger partial charge in [0.05, 0.1) is 10.2 Å². The number of hydrogen-bond donors (Lipinski definition) is 1. The monoisotopic (exact) mass is 312 g/mol. The van der Waals surface area contributed by atoms with E-state index in [1.807, 2.05) is 24.3 Å². The molecule has 3 aromatic rings. The molecule has 0 aliphatic carbocycles. The van der Waals surface area contributed by atoms with E-state index in [2.05, 4.69) is 48.2 Å². The lowest BCUT2D eigenvalue weighted by Gasteiger charge is -2.15. The van der Waals surface area contributed by atoms with Crippen LogP contribution in [0.2, 0.25) is 0 Å². The normalized spacial score (nSPS) is 11.3. The first-order valence-electron chi connectivity index (χ1n) is 7.59. The van der Waals surface area contributed by atoms with Crippen LogP contribution in [-0.4, -0.2) is 10.5 Å². The van der Waals surface area contributed by atoms with Crippen molar-refractivity contribution in [3.63, 3.8) is 0 Å². The number of aryl methyl sites for hydroxylation is 1. The van der Waals surface area contributed by atoms with Crippen molar-refractivity contribution in [2.24, 2.45) is 0 Å². The summed E-state index contributed by atoms with van der Waals surface area (Å²) < 4.78 is 3.26. The number of amides is 1. The maximum atomic E-state index is 12.7. The number of anilines is 1.